The summed E-state index contributed by atoms with van der Waals surface area (Å²) in [7, 11) is 1.39. The minimum atomic E-state index is -4.64. The monoisotopic (exact) mass is 386 g/mol. The molecule has 2 rings (SSSR count). The van der Waals surface area contributed by atoms with Gasteiger partial charge in [0.15, 0.2) is 0 Å². The molecule has 0 aliphatic rings. The summed E-state index contributed by atoms with van der Waals surface area (Å²) in [5.41, 5.74) is -1.12. The van der Waals surface area contributed by atoms with Crippen LogP contribution in [0.5, 0.6) is 0 Å². The van der Waals surface area contributed by atoms with Gasteiger partial charge >= 0.3 is 6.18 Å². The Bertz CT molecular complexity index is 817. The predicted molar refractivity (Wildman–Crippen MR) is 90.5 cm³/mol. The highest BCUT2D eigenvalue weighted by Gasteiger charge is 2.33. The fraction of sp³-hybridized carbons (Fsp3) is 0.176. The number of halogens is 4. The number of benzene rings is 1. The molecule has 1 aromatic heterocycles. The third kappa shape index (κ3) is 5.38. The van der Waals surface area contributed by atoms with Gasteiger partial charge in [-0.3, -0.25) is 9.59 Å². The highest BCUT2D eigenvalue weighted by atomic mass is 35.5. The number of furan rings is 1. The zero-order valence-corrected chi connectivity index (χ0v) is 14.3. The lowest BCUT2D eigenvalue weighted by atomic mass is 10.2. The molecule has 26 heavy (non-hydrogen) atoms. The van der Waals surface area contributed by atoms with E-state index in [1.807, 2.05) is 0 Å². The van der Waals surface area contributed by atoms with Crippen LogP contribution in [0.25, 0.3) is 6.08 Å². The number of anilines is 1. The van der Waals surface area contributed by atoms with E-state index in [0.717, 1.165) is 17.0 Å². The van der Waals surface area contributed by atoms with Crippen LogP contribution in [0.4, 0.5) is 18.9 Å². The normalized spacial score (nSPS) is 11.6. The van der Waals surface area contributed by atoms with Crippen molar-refractivity contribution in [2.24, 2.45) is 0 Å². The molecule has 0 spiro atoms. The van der Waals surface area contributed by atoms with Crippen LogP contribution in [0.15, 0.2) is 47.1 Å². The fourth-order valence-corrected chi connectivity index (χ4v) is 2.21. The maximum absolute atomic E-state index is 12.8. The molecule has 2 aromatic rings. The standard InChI is InChI=1S/C17H14ClF3N2O3/c1-23(16(25)7-5-12-3-2-8-26-12)10-15(24)22-11-4-6-14(18)13(9-11)17(19,20)21/h2-9H,10H2,1H3,(H,22,24)/b7-5+. The van der Waals surface area contributed by atoms with E-state index in [-0.39, 0.29) is 12.2 Å². The fourth-order valence-electron chi connectivity index (χ4n) is 1.98. The molecule has 1 N–H and O–H groups in total. The second kappa shape index (κ2) is 8.09. The molecular formula is C17H14ClF3N2O3. The molecule has 1 heterocycles. The van der Waals surface area contributed by atoms with Crippen molar-refractivity contribution in [2.45, 2.75) is 6.18 Å². The average molecular weight is 387 g/mol. The second-order valence-corrected chi connectivity index (χ2v) is 5.69. The molecule has 9 heteroatoms. The van der Waals surface area contributed by atoms with Crippen molar-refractivity contribution in [2.75, 3.05) is 18.9 Å². The van der Waals surface area contributed by atoms with Crippen molar-refractivity contribution in [3.05, 3.63) is 59.0 Å². The van der Waals surface area contributed by atoms with Crippen LogP contribution < -0.4 is 5.32 Å². The van der Waals surface area contributed by atoms with E-state index in [0.29, 0.717) is 5.76 Å². The summed E-state index contributed by atoms with van der Waals surface area (Å²) in [5, 5.41) is 1.84. The second-order valence-electron chi connectivity index (χ2n) is 5.28. The lowest BCUT2D eigenvalue weighted by molar-refractivity contribution is -0.137. The first-order valence-corrected chi connectivity index (χ1v) is 7.68. The maximum atomic E-state index is 12.8. The van der Waals surface area contributed by atoms with E-state index < -0.39 is 28.6 Å². The van der Waals surface area contributed by atoms with Crippen LogP contribution in [0.3, 0.4) is 0 Å². The first-order valence-electron chi connectivity index (χ1n) is 7.30. The topological polar surface area (TPSA) is 62.6 Å². The number of alkyl halides is 3. The number of amides is 2. The lowest BCUT2D eigenvalue weighted by Gasteiger charge is -2.16. The van der Waals surface area contributed by atoms with E-state index >= 15 is 0 Å². The van der Waals surface area contributed by atoms with Crippen LogP contribution in [-0.4, -0.2) is 30.3 Å². The van der Waals surface area contributed by atoms with Crippen LogP contribution >= 0.6 is 11.6 Å². The summed E-state index contributed by atoms with van der Waals surface area (Å²) >= 11 is 5.52. The van der Waals surface area contributed by atoms with Gasteiger partial charge in [-0.2, -0.15) is 13.2 Å². The van der Waals surface area contributed by atoms with E-state index in [2.05, 4.69) is 5.32 Å². The highest BCUT2D eigenvalue weighted by Crippen LogP contribution is 2.36. The number of carbonyl (C=O) groups excluding carboxylic acids is 2. The highest BCUT2D eigenvalue weighted by molar-refractivity contribution is 6.31. The van der Waals surface area contributed by atoms with Crippen molar-refractivity contribution in [1.29, 1.82) is 0 Å². The smallest absolute Gasteiger partial charge is 0.417 e. The Morgan fingerprint density at radius 2 is 2.04 bits per heavy atom. The van der Waals surface area contributed by atoms with Gasteiger partial charge in [0.1, 0.15) is 5.76 Å². The zero-order valence-electron chi connectivity index (χ0n) is 13.5. The average Bonchev–Trinajstić information content (AvgIpc) is 3.06. The largest absolute Gasteiger partial charge is 0.465 e. The van der Waals surface area contributed by atoms with E-state index in [1.165, 1.54) is 31.5 Å². The summed E-state index contributed by atoms with van der Waals surface area (Å²) in [6.45, 7) is -0.342. The molecule has 2 amide bonds. The summed E-state index contributed by atoms with van der Waals surface area (Å²) in [6, 6.07) is 6.33. The molecule has 1 aromatic carbocycles. The van der Waals surface area contributed by atoms with Crippen LogP contribution in [0.2, 0.25) is 5.02 Å². The van der Waals surface area contributed by atoms with Gasteiger partial charge < -0.3 is 14.6 Å². The third-order valence-corrected chi connectivity index (χ3v) is 3.58. The molecule has 0 atom stereocenters. The van der Waals surface area contributed by atoms with Crippen molar-refractivity contribution < 1.29 is 27.2 Å². The van der Waals surface area contributed by atoms with Crippen LogP contribution in [0.1, 0.15) is 11.3 Å². The van der Waals surface area contributed by atoms with Crippen molar-refractivity contribution in [1.82, 2.24) is 4.90 Å². The summed E-state index contributed by atoms with van der Waals surface area (Å²) in [6.07, 6.45) is -0.536. The Kier molecular flexibility index (Phi) is 6.10. The SMILES string of the molecule is CN(CC(=O)Nc1ccc(Cl)c(C(F)(F)F)c1)C(=O)/C=C/c1ccco1. The van der Waals surface area contributed by atoms with Crippen molar-refractivity contribution in [3.63, 3.8) is 0 Å². The summed E-state index contributed by atoms with van der Waals surface area (Å²) < 4.78 is 43.5. The van der Waals surface area contributed by atoms with Gasteiger partial charge in [-0.15, -0.1) is 0 Å². The Morgan fingerprint density at radius 3 is 2.65 bits per heavy atom. The number of nitrogens with one attached hydrogen (secondary N) is 1. The Balaban J connectivity index is 1.97. The van der Waals surface area contributed by atoms with Crippen LogP contribution in [-0.2, 0) is 15.8 Å². The number of nitrogens with zero attached hydrogens (tertiary/aromatic N) is 1. The van der Waals surface area contributed by atoms with Gasteiger partial charge in [0.25, 0.3) is 0 Å². The Labute approximate surface area is 152 Å². The molecular weight excluding hydrogens is 373 g/mol. The first kappa shape index (κ1) is 19.6. The quantitative estimate of drug-likeness (QED) is 0.788. The number of rotatable bonds is 5. The molecule has 0 aliphatic carbocycles. The molecule has 0 saturated heterocycles. The molecule has 0 saturated carbocycles. The minimum Gasteiger partial charge on any atom is -0.465 e. The van der Waals surface area contributed by atoms with Gasteiger partial charge in [0, 0.05) is 18.8 Å². The number of hydrogen-bond acceptors (Lipinski definition) is 3. The van der Waals surface area contributed by atoms with Gasteiger partial charge in [0.2, 0.25) is 11.8 Å². The van der Waals surface area contributed by atoms with Gasteiger partial charge in [-0.1, -0.05) is 11.6 Å². The molecule has 0 bridgehead atoms. The molecule has 0 aliphatic heterocycles. The lowest BCUT2D eigenvalue weighted by Crippen LogP contribution is -2.33. The van der Waals surface area contributed by atoms with E-state index in [4.69, 9.17) is 16.0 Å². The van der Waals surface area contributed by atoms with Crippen molar-refractivity contribution >= 4 is 35.2 Å². The van der Waals surface area contributed by atoms with Gasteiger partial charge in [0.05, 0.1) is 23.4 Å². The predicted octanol–water partition coefficient (Wildman–Crippen LogP) is 4.06. The molecule has 0 unspecified atom stereocenters. The minimum absolute atomic E-state index is 0.0706. The first-order chi connectivity index (χ1) is 12.2. The molecule has 5 nitrogen and oxygen atoms in total. The zero-order chi connectivity index (χ0) is 19.3. The van der Waals surface area contributed by atoms with Gasteiger partial charge in [-0.25, -0.2) is 0 Å². The number of hydrogen-bond donors (Lipinski definition) is 1. The summed E-state index contributed by atoms with van der Waals surface area (Å²) in [4.78, 5) is 25.0. The number of likely N-dealkylation sites (N-methyl/N-ethyl adjacent to an activating group) is 1. The number of carbonyl (C=O) groups is 2. The van der Waals surface area contributed by atoms with E-state index in [9.17, 15) is 22.8 Å². The van der Waals surface area contributed by atoms with E-state index in [1.54, 1.807) is 12.1 Å². The molecule has 0 radical (unpaired) electrons. The molecule has 138 valence electrons. The van der Waals surface area contributed by atoms with Crippen molar-refractivity contribution in [3.8, 4) is 0 Å². The summed E-state index contributed by atoms with van der Waals surface area (Å²) in [5.74, 6) is -0.650. The maximum Gasteiger partial charge on any atom is 0.417 e. The third-order valence-electron chi connectivity index (χ3n) is 3.25. The van der Waals surface area contributed by atoms with Crippen LogP contribution in [0, 0.1) is 0 Å². The Morgan fingerprint density at radius 1 is 1.31 bits per heavy atom. The Hall–Kier alpha value is -2.74. The van der Waals surface area contributed by atoms with Gasteiger partial charge in [-0.05, 0) is 36.4 Å². The molecule has 0 fully saturated rings.